The van der Waals surface area contributed by atoms with Gasteiger partial charge in [0.2, 0.25) is 5.91 Å². The summed E-state index contributed by atoms with van der Waals surface area (Å²) >= 11 is 0. The second kappa shape index (κ2) is 7.86. The van der Waals surface area contributed by atoms with E-state index in [9.17, 15) is 4.79 Å². The summed E-state index contributed by atoms with van der Waals surface area (Å²) in [6.07, 6.45) is 2.56. The first-order valence-electron chi connectivity index (χ1n) is 8.72. The lowest BCUT2D eigenvalue weighted by Crippen LogP contribution is -2.35. The average Bonchev–Trinajstić information content (AvgIpc) is 3.17. The molecule has 2 aromatic rings. The molecule has 0 atom stereocenters. The molecule has 126 valence electrons. The first-order valence-corrected chi connectivity index (χ1v) is 8.72. The van der Waals surface area contributed by atoms with Crippen molar-refractivity contribution in [3.63, 3.8) is 0 Å². The van der Waals surface area contributed by atoms with Gasteiger partial charge in [0.25, 0.3) is 0 Å². The standard InChI is InChI=1S/C20H25N3O/c1-2-23(19-8-4-3-5-9-19)20(24)16-21-17-10-12-18(13-11-17)22-14-6-7-15-22/h3-5,8-13,21H,2,6-7,14-16H2,1H3. The lowest BCUT2D eigenvalue weighted by molar-refractivity contribution is -0.116. The number of para-hydroxylation sites is 1. The van der Waals surface area contributed by atoms with E-state index in [0.717, 1.165) is 24.5 Å². The lowest BCUT2D eigenvalue weighted by Gasteiger charge is -2.22. The summed E-state index contributed by atoms with van der Waals surface area (Å²) in [5, 5.41) is 3.24. The van der Waals surface area contributed by atoms with E-state index >= 15 is 0 Å². The fourth-order valence-corrected chi connectivity index (χ4v) is 3.15. The number of amides is 1. The van der Waals surface area contributed by atoms with Crippen molar-refractivity contribution >= 4 is 23.0 Å². The maximum absolute atomic E-state index is 12.5. The van der Waals surface area contributed by atoms with Gasteiger partial charge in [0.1, 0.15) is 0 Å². The van der Waals surface area contributed by atoms with Gasteiger partial charge in [-0.3, -0.25) is 4.79 Å². The Hall–Kier alpha value is -2.49. The molecule has 0 unspecified atom stereocenters. The predicted octanol–water partition coefficient (Wildman–Crippen LogP) is 3.75. The first-order chi connectivity index (χ1) is 11.8. The highest BCUT2D eigenvalue weighted by atomic mass is 16.2. The minimum atomic E-state index is 0.0762. The molecule has 0 spiro atoms. The molecule has 3 rings (SSSR count). The van der Waals surface area contributed by atoms with Crippen LogP contribution in [0, 0.1) is 0 Å². The molecule has 1 aliphatic heterocycles. The van der Waals surface area contributed by atoms with Crippen LogP contribution >= 0.6 is 0 Å². The zero-order chi connectivity index (χ0) is 16.8. The number of hydrogen-bond acceptors (Lipinski definition) is 3. The quantitative estimate of drug-likeness (QED) is 0.879. The molecule has 0 bridgehead atoms. The fraction of sp³-hybridized carbons (Fsp3) is 0.350. The number of carbonyl (C=O) groups excluding carboxylic acids is 1. The highest BCUT2D eigenvalue weighted by Gasteiger charge is 2.14. The first kappa shape index (κ1) is 16.4. The van der Waals surface area contributed by atoms with Crippen molar-refractivity contribution in [3.05, 3.63) is 54.6 Å². The van der Waals surface area contributed by atoms with Crippen LogP contribution in [0.5, 0.6) is 0 Å². The SMILES string of the molecule is CCN(C(=O)CNc1ccc(N2CCCC2)cc1)c1ccccc1. The second-order valence-electron chi connectivity index (χ2n) is 6.07. The van der Waals surface area contributed by atoms with Crippen LogP contribution in [0.25, 0.3) is 0 Å². The highest BCUT2D eigenvalue weighted by molar-refractivity contribution is 5.96. The maximum atomic E-state index is 12.5. The molecule has 2 aromatic carbocycles. The van der Waals surface area contributed by atoms with Crippen LogP contribution in [0.4, 0.5) is 17.1 Å². The molecule has 1 amide bonds. The summed E-state index contributed by atoms with van der Waals surface area (Å²) in [6, 6.07) is 18.2. The van der Waals surface area contributed by atoms with Crippen LogP contribution in [0.15, 0.2) is 54.6 Å². The highest BCUT2D eigenvalue weighted by Crippen LogP contribution is 2.22. The minimum Gasteiger partial charge on any atom is -0.376 e. The van der Waals surface area contributed by atoms with Crippen LogP contribution in [0.3, 0.4) is 0 Å². The third kappa shape index (κ3) is 3.88. The summed E-state index contributed by atoms with van der Waals surface area (Å²) in [4.78, 5) is 16.7. The molecule has 0 saturated carbocycles. The molecule has 1 heterocycles. The van der Waals surface area contributed by atoms with Crippen molar-refractivity contribution in [1.82, 2.24) is 0 Å². The Morgan fingerprint density at radius 2 is 1.71 bits per heavy atom. The molecule has 24 heavy (non-hydrogen) atoms. The van der Waals surface area contributed by atoms with E-state index in [2.05, 4.69) is 34.5 Å². The average molecular weight is 323 g/mol. The molecular weight excluding hydrogens is 298 g/mol. The minimum absolute atomic E-state index is 0.0762. The molecule has 1 saturated heterocycles. The number of likely N-dealkylation sites (N-methyl/N-ethyl adjacent to an activating group) is 1. The van der Waals surface area contributed by atoms with Gasteiger partial charge in [-0.05, 0) is 56.2 Å². The van der Waals surface area contributed by atoms with E-state index in [1.54, 1.807) is 4.90 Å². The Morgan fingerprint density at radius 1 is 1.04 bits per heavy atom. The van der Waals surface area contributed by atoms with E-state index in [1.807, 2.05) is 37.3 Å². The number of nitrogens with one attached hydrogen (secondary N) is 1. The van der Waals surface area contributed by atoms with Gasteiger partial charge in [0.05, 0.1) is 6.54 Å². The van der Waals surface area contributed by atoms with Crippen molar-refractivity contribution in [2.75, 3.05) is 41.3 Å². The van der Waals surface area contributed by atoms with Crippen molar-refractivity contribution in [3.8, 4) is 0 Å². The summed E-state index contributed by atoms with van der Waals surface area (Å²) < 4.78 is 0. The summed E-state index contributed by atoms with van der Waals surface area (Å²) in [5.74, 6) is 0.0762. The van der Waals surface area contributed by atoms with Crippen LogP contribution in [0.1, 0.15) is 19.8 Å². The van der Waals surface area contributed by atoms with Crippen LogP contribution in [0.2, 0.25) is 0 Å². The zero-order valence-electron chi connectivity index (χ0n) is 14.2. The van der Waals surface area contributed by atoms with Gasteiger partial charge in [-0.2, -0.15) is 0 Å². The molecule has 1 fully saturated rings. The van der Waals surface area contributed by atoms with E-state index < -0.39 is 0 Å². The number of anilines is 3. The predicted molar refractivity (Wildman–Crippen MR) is 101 cm³/mol. The Kier molecular flexibility index (Phi) is 5.36. The van der Waals surface area contributed by atoms with Crippen molar-refractivity contribution in [2.45, 2.75) is 19.8 Å². The van der Waals surface area contributed by atoms with Gasteiger partial charge in [0, 0.05) is 36.7 Å². The molecular formula is C20H25N3O. The van der Waals surface area contributed by atoms with Crippen molar-refractivity contribution in [2.24, 2.45) is 0 Å². The van der Waals surface area contributed by atoms with Gasteiger partial charge in [-0.25, -0.2) is 0 Å². The topological polar surface area (TPSA) is 35.6 Å². The summed E-state index contributed by atoms with van der Waals surface area (Å²) in [7, 11) is 0. The molecule has 1 aliphatic rings. The molecule has 0 aliphatic carbocycles. The van der Waals surface area contributed by atoms with Gasteiger partial charge >= 0.3 is 0 Å². The van der Waals surface area contributed by atoms with Crippen molar-refractivity contribution in [1.29, 1.82) is 0 Å². The summed E-state index contributed by atoms with van der Waals surface area (Å²) in [5.41, 5.74) is 3.19. The van der Waals surface area contributed by atoms with Crippen LogP contribution in [-0.4, -0.2) is 32.1 Å². The Labute approximate surface area is 144 Å². The van der Waals surface area contributed by atoms with Gasteiger partial charge in [0.15, 0.2) is 0 Å². The van der Waals surface area contributed by atoms with E-state index in [0.29, 0.717) is 13.1 Å². The molecule has 4 heteroatoms. The largest absolute Gasteiger partial charge is 0.376 e. The summed E-state index contributed by atoms with van der Waals surface area (Å²) in [6.45, 7) is 5.25. The van der Waals surface area contributed by atoms with Gasteiger partial charge < -0.3 is 15.1 Å². The molecule has 4 nitrogen and oxygen atoms in total. The van der Waals surface area contributed by atoms with Crippen LogP contribution < -0.4 is 15.1 Å². The lowest BCUT2D eigenvalue weighted by atomic mass is 10.2. The molecule has 0 aromatic heterocycles. The fourth-order valence-electron chi connectivity index (χ4n) is 3.15. The van der Waals surface area contributed by atoms with E-state index in [-0.39, 0.29) is 5.91 Å². The Bertz CT molecular complexity index is 648. The zero-order valence-corrected chi connectivity index (χ0v) is 14.2. The third-order valence-electron chi connectivity index (χ3n) is 4.47. The number of nitrogens with zero attached hydrogens (tertiary/aromatic N) is 2. The normalized spacial score (nSPS) is 13.8. The van der Waals surface area contributed by atoms with E-state index in [4.69, 9.17) is 0 Å². The second-order valence-corrected chi connectivity index (χ2v) is 6.07. The molecule has 1 N–H and O–H groups in total. The van der Waals surface area contributed by atoms with Gasteiger partial charge in [-0.15, -0.1) is 0 Å². The Morgan fingerprint density at radius 3 is 2.33 bits per heavy atom. The van der Waals surface area contributed by atoms with Crippen LogP contribution in [-0.2, 0) is 4.79 Å². The van der Waals surface area contributed by atoms with E-state index in [1.165, 1.54) is 18.5 Å². The Balaban J connectivity index is 1.57. The number of benzene rings is 2. The maximum Gasteiger partial charge on any atom is 0.246 e. The van der Waals surface area contributed by atoms with Crippen molar-refractivity contribution < 1.29 is 4.79 Å². The van der Waals surface area contributed by atoms with Gasteiger partial charge in [-0.1, -0.05) is 18.2 Å². The molecule has 0 radical (unpaired) electrons. The number of carbonyl (C=O) groups is 1. The number of hydrogen-bond donors (Lipinski definition) is 1. The smallest absolute Gasteiger partial charge is 0.246 e. The third-order valence-corrected chi connectivity index (χ3v) is 4.47. The number of rotatable bonds is 6. The monoisotopic (exact) mass is 323 g/mol.